The zero-order valence-corrected chi connectivity index (χ0v) is 9.84. The number of rotatable bonds is 4. The summed E-state index contributed by atoms with van der Waals surface area (Å²) in [6.45, 7) is 4.34. The summed E-state index contributed by atoms with van der Waals surface area (Å²) in [6, 6.07) is 3.74. The van der Waals surface area contributed by atoms with Gasteiger partial charge in [-0.15, -0.1) is 0 Å². The van der Waals surface area contributed by atoms with Gasteiger partial charge in [0, 0.05) is 5.56 Å². The van der Waals surface area contributed by atoms with Crippen molar-refractivity contribution in [3.63, 3.8) is 0 Å². The van der Waals surface area contributed by atoms with Crippen molar-refractivity contribution < 1.29 is 14.0 Å². The van der Waals surface area contributed by atoms with E-state index in [1.165, 1.54) is 12.1 Å². The van der Waals surface area contributed by atoms with Crippen LogP contribution in [0.2, 0.25) is 5.02 Å². The van der Waals surface area contributed by atoms with Gasteiger partial charge in [0.05, 0.1) is 11.6 Å². The van der Waals surface area contributed by atoms with E-state index in [1.807, 2.05) is 13.8 Å². The Labute approximate surface area is 98.5 Å². The molecule has 0 aliphatic heterocycles. The van der Waals surface area contributed by atoms with Crippen LogP contribution < -0.4 is 5.48 Å². The van der Waals surface area contributed by atoms with Crippen LogP contribution in [0.5, 0.6) is 0 Å². The quantitative estimate of drug-likeness (QED) is 0.829. The Hall–Kier alpha value is -1.13. The molecular weight excluding hydrogens is 233 g/mol. The molecule has 0 spiro atoms. The molecule has 3 nitrogen and oxygen atoms in total. The monoisotopic (exact) mass is 245 g/mol. The summed E-state index contributed by atoms with van der Waals surface area (Å²) in [5.41, 5.74) is 2.52. The first-order valence-electron chi connectivity index (χ1n) is 4.88. The lowest BCUT2D eigenvalue weighted by Crippen LogP contribution is -2.25. The van der Waals surface area contributed by atoms with Crippen LogP contribution in [0.3, 0.4) is 0 Å². The van der Waals surface area contributed by atoms with Crippen molar-refractivity contribution in [1.29, 1.82) is 0 Å². The minimum Gasteiger partial charge on any atom is -0.273 e. The number of nitrogens with one attached hydrogen (secondary N) is 1. The molecule has 1 rings (SSSR count). The highest BCUT2D eigenvalue weighted by Crippen LogP contribution is 2.15. The second-order valence-corrected chi connectivity index (χ2v) is 4.17. The number of halogens is 2. The van der Waals surface area contributed by atoms with E-state index in [0.29, 0.717) is 12.5 Å². The lowest BCUT2D eigenvalue weighted by molar-refractivity contribution is 0.0208. The molecule has 0 saturated carbocycles. The van der Waals surface area contributed by atoms with Gasteiger partial charge < -0.3 is 0 Å². The molecule has 0 saturated heterocycles. The molecule has 0 fully saturated rings. The Morgan fingerprint density at radius 1 is 1.56 bits per heavy atom. The summed E-state index contributed by atoms with van der Waals surface area (Å²) < 4.78 is 12.8. The minimum absolute atomic E-state index is 0.0866. The lowest BCUT2D eigenvalue weighted by Gasteiger charge is -2.08. The van der Waals surface area contributed by atoms with Crippen molar-refractivity contribution in [3.8, 4) is 0 Å². The van der Waals surface area contributed by atoms with Crippen molar-refractivity contribution in [1.82, 2.24) is 5.48 Å². The standard InChI is InChI=1S/C11H13ClFNO2/c1-7(2)6-16-14-11(15)8-3-4-10(13)9(12)5-8/h3-5,7H,6H2,1-2H3,(H,14,15). The van der Waals surface area contributed by atoms with Crippen molar-refractivity contribution in [2.24, 2.45) is 5.92 Å². The van der Waals surface area contributed by atoms with Crippen LogP contribution >= 0.6 is 11.6 Å². The molecule has 5 heteroatoms. The third kappa shape index (κ3) is 3.79. The number of hydrogen-bond donors (Lipinski definition) is 1. The number of hydroxylamine groups is 1. The summed E-state index contributed by atoms with van der Waals surface area (Å²) in [5.74, 6) is -0.680. The van der Waals surface area contributed by atoms with E-state index in [0.717, 1.165) is 6.07 Å². The van der Waals surface area contributed by atoms with E-state index < -0.39 is 11.7 Å². The number of hydrogen-bond acceptors (Lipinski definition) is 2. The zero-order chi connectivity index (χ0) is 12.1. The molecule has 0 aliphatic rings. The zero-order valence-electron chi connectivity index (χ0n) is 9.09. The maximum absolute atomic E-state index is 12.8. The van der Waals surface area contributed by atoms with E-state index >= 15 is 0 Å². The van der Waals surface area contributed by atoms with Gasteiger partial charge in [-0.05, 0) is 24.1 Å². The summed E-state index contributed by atoms with van der Waals surface area (Å²) in [7, 11) is 0. The molecule has 0 atom stereocenters. The van der Waals surface area contributed by atoms with Crippen LogP contribution in [0.25, 0.3) is 0 Å². The molecule has 0 aromatic heterocycles. The average molecular weight is 246 g/mol. The predicted octanol–water partition coefficient (Wildman–Crippen LogP) is 2.80. The second kappa shape index (κ2) is 5.82. The molecule has 0 unspecified atom stereocenters. The Bertz CT molecular complexity index is 382. The predicted molar refractivity (Wildman–Crippen MR) is 59.7 cm³/mol. The topological polar surface area (TPSA) is 38.3 Å². The fraction of sp³-hybridized carbons (Fsp3) is 0.364. The van der Waals surface area contributed by atoms with Gasteiger partial charge in [0.1, 0.15) is 5.82 Å². The van der Waals surface area contributed by atoms with Crippen LogP contribution in [-0.2, 0) is 4.84 Å². The molecule has 1 aromatic rings. The summed E-state index contributed by atoms with van der Waals surface area (Å²) in [4.78, 5) is 16.4. The molecular formula is C11H13ClFNO2. The van der Waals surface area contributed by atoms with Gasteiger partial charge in [0.15, 0.2) is 0 Å². The van der Waals surface area contributed by atoms with E-state index in [-0.39, 0.29) is 10.6 Å². The molecule has 88 valence electrons. The van der Waals surface area contributed by atoms with Crippen molar-refractivity contribution >= 4 is 17.5 Å². The number of carbonyl (C=O) groups excluding carboxylic acids is 1. The molecule has 0 heterocycles. The van der Waals surface area contributed by atoms with Crippen LogP contribution in [0.4, 0.5) is 4.39 Å². The normalized spacial score (nSPS) is 10.6. The maximum atomic E-state index is 12.8. The Kier molecular flexibility index (Phi) is 4.71. The summed E-state index contributed by atoms with van der Waals surface area (Å²) in [6.07, 6.45) is 0. The number of carbonyl (C=O) groups is 1. The first kappa shape index (κ1) is 12.9. The molecule has 0 radical (unpaired) electrons. The molecule has 1 amide bonds. The van der Waals surface area contributed by atoms with Gasteiger partial charge in [-0.1, -0.05) is 25.4 Å². The Balaban J connectivity index is 2.56. The molecule has 0 bridgehead atoms. The average Bonchev–Trinajstić information content (AvgIpc) is 2.21. The number of benzene rings is 1. The van der Waals surface area contributed by atoms with Crippen LogP contribution in [0.15, 0.2) is 18.2 Å². The first-order valence-corrected chi connectivity index (χ1v) is 5.25. The van der Waals surface area contributed by atoms with Crippen LogP contribution in [0, 0.1) is 11.7 Å². The fourth-order valence-electron chi connectivity index (χ4n) is 0.970. The molecule has 16 heavy (non-hydrogen) atoms. The number of amides is 1. The van der Waals surface area contributed by atoms with Gasteiger partial charge in [-0.25, -0.2) is 9.87 Å². The van der Waals surface area contributed by atoms with E-state index in [1.54, 1.807) is 0 Å². The minimum atomic E-state index is -0.554. The molecule has 0 aliphatic carbocycles. The Morgan fingerprint density at radius 2 is 2.25 bits per heavy atom. The highest BCUT2D eigenvalue weighted by Gasteiger charge is 2.08. The molecule has 1 N–H and O–H groups in total. The maximum Gasteiger partial charge on any atom is 0.274 e. The SMILES string of the molecule is CC(C)CONC(=O)c1ccc(F)c(Cl)c1. The van der Waals surface area contributed by atoms with Crippen molar-refractivity contribution in [3.05, 3.63) is 34.6 Å². The van der Waals surface area contributed by atoms with Crippen LogP contribution in [-0.4, -0.2) is 12.5 Å². The van der Waals surface area contributed by atoms with E-state index in [2.05, 4.69) is 5.48 Å². The van der Waals surface area contributed by atoms with E-state index in [4.69, 9.17) is 16.4 Å². The Morgan fingerprint density at radius 3 is 2.81 bits per heavy atom. The third-order valence-electron chi connectivity index (χ3n) is 1.76. The van der Waals surface area contributed by atoms with Gasteiger partial charge in [0.25, 0.3) is 5.91 Å². The van der Waals surface area contributed by atoms with Gasteiger partial charge in [0.2, 0.25) is 0 Å². The fourth-order valence-corrected chi connectivity index (χ4v) is 1.15. The van der Waals surface area contributed by atoms with Crippen molar-refractivity contribution in [2.75, 3.05) is 6.61 Å². The highest BCUT2D eigenvalue weighted by atomic mass is 35.5. The van der Waals surface area contributed by atoms with Gasteiger partial charge in [-0.3, -0.25) is 9.63 Å². The first-order chi connectivity index (χ1) is 7.50. The highest BCUT2D eigenvalue weighted by molar-refractivity contribution is 6.31. The summed E-state index contributed by atoms with van der Waals surface area (Å²) >= 11 is 5.55. The van der Waals surface area contributed by atoms with Gasteiger partial charge in [-0.2, -0.15) is 0 Å². The van der Waals surface area contributed by atoms with Crippen LogP contribution in [0.1, 0.15) is 24.2 Å². The second-order valence-electron chi connectivity index (χ2n) is 3.76. The smallest absolute Gasteiger partial charge is 0.273 e. The lowest BCUT2D eigenvalue weighted by atomic mass is 10.2. The summed E-state index contributed by atoms with van der Waals surface area (Å²) in [5, 5.41) is -0.0866. The van der Waals surface area contributed by atoms with Gasteiger partial charge >= 0.3 is 0 Å². The third-order valence-corrected chi connectivity index (χ3v) is 2.05. The van der Waals surface area contributed by atoms with E-state index in [9.17, 15) is 9.18 Å². The largest absolute Gasteiger partial charge is 0.274 e. The molecule has 1 aromatic carbocycles. The van der Waals surface area contributed by atoms with Crippen molar-refractivity contribution in [2.45, 2.75) is 13.8 Å².